The Labute approximate surface area is 110 Å². The molecule has 0 aliphatic carbocycles. The highest BCUT2D eigenvalue weighted by atomic mass is 16.5. The van der Waals surface area contributed by atoms with Gasteiger partial charge in [-0.1, -0.05) is 38.1 Å². The molecule has 0 unspecified atom stereocenters. The predicted octanol–water partition coefficient (Wildman–Crippen LogP) is 2.60. The van der Waals surface area contributed by atoms with E-state index in [1.54, 1.807) is 0 Å². The van der Waals surface area contributed by atoms with Gasteiger partial charge in [0.15, 0.2) is 0 Å². The van der Waals surface area contributed by atoms with Crippen LogP contribution in [0.2, 0.25) is 6.32 Å². The summed E-state index contributed by atoms with van der Waals surface area (Å²) in [6, 6.07) is 8.09. The minimum atomic E-state index is -0.120. The van der Waals surface area contributed by atoms with Gasteiger partial charge in [-0.15, -0.1) is 0 Å². The molecule has 0 spiro atoms. The van der Waals surface area contributed by atoms with Gasteiger partial charge in [0.1, 0.15) is 0 Å². The first-order chi connectivity index (χ1) is 8.36. The maximum Gasteiger partial charge on any atom is 0.327 e. The van der Waals surface area contributed by atoms with Gasteiger partial charge >= 0.3 is 6.92 Å². The molecular weight excluding hydrogens is 223 g/mol. The molecule has 2 rings (SSSR count). The fourth-order valence-electron chi connectivity index (χ4n) is 2.49. The first-order valence-corrected chi connectivity index (χ1v) is 6.73. The van der Waals surface area contributed by atoms with Crippen LogP contribution in [0.5, 0.6) is 0 Å². The second kappa shape index (κ2) is 4.71. The largest absolute Gasteiger partial charge is 0.426 e. The lowest BCUT2D eigenvalue weighted by Gasteiger charge is -2.48. The molecule has 0 saturated carbocycles. The van der Waals surface area contributed by atoms with Gasteiger partial charge in [0.25, 0.3) is 0 Å². The van der Waals surface area contributed by atoms with E-state index in [4.69, 9.17) is 4.65 Å². The lowest BCUT2D eigenvalue weighted by atomic mass is 9.50. The fraction of sp³-hybridized carbons (Fsp3) is 0.600. The van der Waals surface area contributed by atoms with Crippen molar-refractivity contribution in [2.75, 3.05) is 0 Å². The third-order valence-electron chi connectivity index (χ3n) is 4.60. The van der Waals surface area contributed by atoms with E-state index in [0.717, 1.165) is 18.3 Å². The highest BCUT2D eigenvalue weighted by Gasteiger charge is 2.45. The molecule has 0 atom stereocenters. The average Bonchev–Trinajstić information content (AvgIpc) is 2.33. The standard InChI is InChI=1S/C15H23BO2/c1-14(2)8-9-16(18-15(14,3)4)13-7-5-6-12(10-13)11-17/h5-7,10,17H,8-9,11H2,1-4H3. The molecule has 0 radical (unpaired) electrons. The van der Waals surface area contributed by atoms with Gasteiger partial charge in [0, 0.05) is 0 Å². The lowest BCUT2D eigenvalue weighted by molar-refractivity contribution is -0.0311. The van der Waals surface area contributed by atoms with Gasteiger partial charge in [-0.25, -0.2) is 0 Å². The van der Waals surface area contributed by atoms with Gasteiger partial charge in [0.05, 0.1) is 12.2 Å². The number of hydrogen-bond acceptors (Lipinski definition) is 2. The number of aliphatic hydroxyl groups excluding tert-OH is 1. The summed E-state index contributed by atoms with van der Waals surface area (Å²) in [5.74, 6) is 0. The third-order valence-corrected chi connectivity index (χ3v) is 4.60. The van der Waals surface area contributed by atoms with Crippen molar-refractivity contribution in [2.24, 2.45) is 5.41 Å². The molecule has 98 valence electrons. The molecule has 1 aliphatic rings. The van der Waals surface area contributed by atoms with E-state index in [1.165, 1.54) is 5.46 Å². The van der Waals surface area contributed by atoms with Crippen LogP contribution in [-0.4, -0.2) is 17.6 Å². The van der Waals surface area contributed by atoms with E-state index in [0.29, 0.717) is 0 Å². The predicted molar refractivity (Wildman–Crippen MR) is 76.1 cm³/mol. The second-order valence-corrected chi connectivity index (χ2v) is 6.44. The molecule has 0 amide bonds. The molecule has 1 heterocycles. The van der Waals surface area contributed by atoms with E-state index in [-0.39, 0.29) is 24.5 Å². The number of benzene rings is 1. The van der Waals surface area contributed by atoms with Crippen molar-refractivity contribution in [1.82, 2.24) is 0 Å². The Morgan fingerprint density at radius 3 is 2.61 bits per heavy atom. The fourth-order valence-corrected chi connectivity index (χ4v) is 2.49. The summed E-state index contributed by atoms with van der Waals surface area (Å²) in [6.45, 7) is 9.14. The molecular formula is C15H23BO2. The molecule has 1 saturated heterocycles. The molecule has 1 aliphatic heterocycles. The smallest absolute Gasteiger partial charge is 0.327 e. The van der Waals surface area contributed by atoms with Crippen LogP contribution >= 0.6 is 0 Å². The van der Waals surface area contributed by atoms with Gasteiger partial charge in [0.2, 0.25) is 0 Å². The highest BCUT2D eigenvalue weighted by Crippen LogP contribution is 2.42. The van der Waals surface area contributed by atoms with E-state index in [9.17, 15) is 5.11 Å². The molecule has 1 aromatic rings. The topological polar surface area (TPSA) is 29.5 Å². The van der Waals surface area contributed by atoms with Gasteiger partial charge in [-0.2, -0.15) is 0 Å². The maximum atomic E-state index is 9.21. The van der Waals surface area contributed by atoms with E-state index >= 15 is 0 Å². The van der Waals surface area contributed by atoms with Crippen LogP contribution in [0.15, 0.2) is 24.3 Å². The normalized spacial score (nSPS) is 21.9. The van der Waals surface area contributed by atoms with Crippen molar-refractivity contribution in [3.63, 3.8) is 0 Å². The molecule has 1 aromatic carbocycles. The minimum absolute atomic E-state index is 0.0927. The Morgan fingerprint density at radius 2 is 2.00 bits per heavy atom. The van der Waals surface area contributed by atoms with Crippen LogP contribution in [0.4, 0.5) is 0 Å². The lowest BCUT2D eigenvalue weighted by Crippen LogP contribution is -2.54. The zero-order valence-corrected chi connectivity index (χ0v) is 11.9. The Hall–Kier alpha value is -0.795. The van der Waals surface area contributed by atoms with Crippen molar-refractivity contribution in [3.05, 3.63) is 29.8 Å². The van der Waals surface area contributed by atoms with Crippen LogP contribution in [0.1, 0.15) is 39.7 Å². The summed E-state index contributed by atoms with van der Waals surface area (Å²) < 4.78 is 6.29. The third kappa shape index (κ3) is 2.48. The summed E-state index contributed by atoms with van der Waals surface area (Å²) in [6.07, 6.45) is 2.21. The van der Waals surface area contributed by atoms with Crippen LogP contribution < -0.4 is 5.46 Å². The van der Waals surface area contributed by atoms with Gasteiger partial charge in [-0.3, -0.25) is 0 Å². The SMILES string of the molecule is CC1(C)CCB(c2cccc(CO)c2)OC1(C)C. The zero-order chi connectivity index (χ0) is 13.4. The van der Waals surface area contributed by atoms with Crippen LogP contribution in [0.25, 0.3) is 0 Å². The van der Waals surface area contributed by atoms with Crippen molar-refractivity contribution in [2.45, 2.75) is 52.6 Å². The Bertz CT molecular complexity index is 426. The summed E-state index contributed by atoms with van der Waals surface area (Å²) >= 11 is 0. The van der Waals surface area contributed by atoms with Crippen molar-refractivity contribution >= 4 is 12.4 Å². The first-order valence-electron chi connectivity index (χ1n) is 6.73. The average molecular weight is 246 g/mol. The molecule has 2 nitrogen and oxygen atoms in total. The van der Waals surface area contributed by atoms with E-state index < -0.39 is 0 Å². The van der Waals surface area contributed by atoms with Crippen molar-refractivity contribution in [1.29, 1.82) is 0 Å². The number of rotatable bonds is 2. The Balaban J connectivity index is 2.21. The molecule has 3 heteroatoms. The monoisotopic (exact) mass is 246 g/mol. The molecule has 1 fully saturated rings. The van der Waals surface area contributed by atoms with Crippen LogP contribution in [-0.2, 0) is 11.3 Å². The van der Waals surface area contributed by atoms with Crippen LogP contribution in [0.3, 0.4) is 0 Å². The summed E-state index contributed by atoms with van der Waals surface area (Å²) in [5, 5.41) is 9.21. The number of aliphatic hydroxyl groups is 1. The molecule has 0 aromatic heterocycles. The second-order valence-electron chi connectivity index (χ2n) is 6.44. The van der Waals surface area contributed by atoms with Crippen LogP contribution in [0, 0.1) is 5.41 Å². The van der Waals surface area contributed by atoms with Gasteiger partial charge in [-0.05, 0) is 43.0 Å². The van der Waals surface area contributed by atoms with Gasteiger partial charge < -0.3 is 9.76 Å². The Kier molecular flexibility index (Phi) is 3.57. The molecule has 1 N–H and O–H groups in total. The number of hydrogen-bond donors (Lipinski definition) is 1. The van der Waals surface area contributed by atoms with Crippen molar-refractivity contribution in [3.8, 4) is 0 Å². The summed E-state index contributed by atoms with van der Waals surface area (Å²) in [4.78, 5) is 0. The summed E-state index contributed by atoms with van der Waals surface area (Å²) in [5.41, 5.74) is 2.23. The highest BCUT2D eigenvalue weighted by molar-refractivity contribution is 6.67. The molecule has 0 bridgehead atoms. The van der Waals surface area contributed by atoms with E-state index in [2.05, 4.69) is 39.8 Å². The molecule has 18 heavy (non-hydrogen) atoms. The first kappa shape index (κ1) is 13.6. The van der Waals surface area contributed by atoms with E-state index in [1.807, 2.05) is 12.1 Å². The summed E-state index contributed by atoms with van der Waals surface area (Å²) in [7, 11) is 0. The quantitative estimate of drug-likeness (QED) is 0.813. The minimum Gasteiger partial charge on any atom is -0.426 e. The van der Waals surface area contributed by atoms with Crippen molar-refractivity contribution < 1.29 is 9.76 Å². The zero-order valence-electron chi connectivity index (χ0n) is 11.9. The maximum absolute atomic E-state index is 9.21. The Morgan fingerprint density at radius 1 is 1.28 bits per heavy atom.